The van der Waals surface area contributed by atoms with E-state index in [2.05, 4.69) is 15.1 Å². The molecule has 2 rings (SSSR count). The Balaban J connectivity index is 2.86. The zero-order valence-corrected chi connectivity index (χ0v) is 7.11. The first-order chi connectivity index (χ1) is 6.22. The summed E-state index contributed by atoms with van der Waals surface area (Å²) in [5.74, 6) is 1.03. The van der Waals surface area contributed by atoms with Gasteiger partial charge in [0.25, 0.3) is 11.3 Å². The minimum absolute atomic E-state index is 0.187. The maximum atomic E-state index is 11.5. The highest BCUT2D eigenvalue weighted by molar-refractivity contribution is 5.27. The molecule has 6 nitrogen and oxygen atoms in total. The Morgan fingerprint density at radius 2 is 2.46 bits per heavy atom. The van der Waals surface area contributed by atoms with E-state index in [4.69, 9.17) is 5.73 Å². The summed E-state index contributed by atoms with van der Waals surface area (Å²) < 4.78 is 1.29. The van der Waals surface area contributed by atoms with Crippen molar-refractivity contribution in [1.82, 2.24) is 19.6 Å². The lowest BCUT2D eigenvalue weighted by Gasteiger charge is -1.94. The number of nitrogens with two attached hydrogens (primary N) is 1. The van der Waals surface area contributed by atoms with E-state index in [9.17, 15) is 4.79 Å². The van der Waals surface area contributed by atoms with Gasteiger partial charge in [0, 0.05) is 12.7 Å². The van der Waals surface area contributed by atoms with Crippen LogP contribution in [0, 0.1) is 6.92 Å². The van der Waals surface area contributed by atoms with Crippen LogP contribution >= 0.6 is 0 Å². The summed E-state index contributed by atoms with van der Waals surface area (Å²) in [5, 5.41) is 2.78. The average Bonchev–Trinajstić information content (AvgIpc) is 2.47. The molecule has 0 bridgehead atoms. The van der Waals surface area contributed by atoms with Gasteiger partial charge < -0.3 is 5.73 Å². The fourth-order valence-electron chi connectivity index (χ4n) is 1.14. The molecule has 0 spiro atoms. The van der Waals surface area contributed by atoms with Gasteiger partial charge in [0.05, 0.1) is 5.56 Å². The molecular weight excluding hydrogens is 170 g/mol. The normalized spacial score (nSPS) is 10.9. The van der Waals surface area contributed by atoms with Crippen LogP contribution in [0.5, 0.6) is 0 Å². The van der Waals surface area contributed by atoms with Crippen molar-refractivity contribution in [3.63, 3.8) is 0 Å². The molecule has 0 aliphatic carbocycles. The molecule has 0 saturated carbocycles. The summed E-state index contributed by atoms with van der Waals surface area (Å²) in [4.78, 5) is 19.5. The summed E-state index contributed by atoms with van der Waals surface area (Å²) in [5.41, 5.74) is 5.65. The first-order valence-corrected chi connectivity index (χ1v) is 3.85. The Morgan fingerprint density at radius 1 is 1.69 bits per heavy atom. The van der Waals surface area contributed by atoms with Crippen LogP contribution in [0.3, 0.4) is 0 Å². The van der Waals surface area contributed by atoms with Crippen molar-refractivity contribution < 1.29 is 0 Å². The van der Waals surface area contributed by atoms with Crippen molar-refractivity contribution >= 4 is 5.78 Å². The van der Waals surface area contributed by atoms with Crippen LogP contribution in [-0.2, 0) is 6.54 Å². The van der Waals surface area contributed by atoms with E-state index >= 15 is 0 Å². The number of aryl methyl sites for hydroxylation is 1. The third-order valence-electron chi connectivity index (χ3n) is 1.77. The Labute approximate surface area is 73.4 Å². The maximum absolute atomic E-state index is 11.5. The lowest BCUT2D eigenvalue weighted by atomic mass is 10.3. The minimum atomic E-state index is -0.187. The van der Waals surface area contributed by atoms with Crippen LogP contribution in [0.1, 0.15) is 11.4 Å². The summed E-state index contributed by atoms with van der Waals surface area (Å²) in [6.07, 6.45) is 1.46. The molecule has 2 heterocycles. The van der Waals surface area contributed by atoms with Crippen molar-refractivity contribution in [3.8, 4) is 0 Å². The second-order valence-electron chi connectivity index (χ2n) is 2.74. The number of fused-ring (bicyclic) bond motifs is 1. The number of aromatic nitrogens is 4. The van der Waals surface area contributed by atoms with Gasteiger partial charge in [-0.25, -0.2) is 4.98 Å². The Kier molecular flexibility index (Phi) is 1.63. The zero-order chi connectivity index (χ0) is 9.42. The van der Waals surface area contributed by atoms with E-state index in [0.29, 0.717) is 17.2 Å². The van der Waals surface area contributed by atoms with E-state index in [1.165, 1.54) is 10.7 Å². The Bertz CT molecular complexity index is 497. The number of hydrogen-bond donors (Lipinski definition) is 2. The van der Waals surface area contributed by atoms with Crippen molar-refractivity contribution in [2.45, 2.75) is 13.5 Å². The van der Waals surface area contributed by atoms with Crippen LogP contribution in [0.4, 0.5) is 0 Å². The molecule has 0 saturated heterocycles. The molecule has 0 aromatic carbocycles. The van der Waals surface area contributed by atoms with E-state index in [1.54, 1.807) is 6.92 Å². The van der Waals surface area contributed by atoms with E-state index < -0.39 is 0 Å². The first-order valence-electron chi connectivity index (χ1n) is 3.85. The monoisotopic (exact) mass is 179 g/mol. The summed E-state index contributed by atoms with van der Waals surface area (Å²) in [6.45, 7) is 1.95. The van der Waals surface area contributed by atoms with E-state index in [-0.39, 0.29) is 12.1 Å². The van der Waals surface area contributed by atoms with E-state index in [0.717, 1.165) is 0 Å². The number of nitrogens with one attached hydrogen (secondary N) is 1. The van der Waals surface area contributed by atoms with Crippen LogP contribution < -0.4 is 11.3 Å². The van der Waals surface area contributed by atoms with Gasteiger partial charge in [-0.3, -0.25) is 9.89 Å². The number of nitrogens with zero attached hydrogens (tertiary/aromatic N) is 3. The maximum Gasteiger partial charge on any atom is 0.278 e. The van der Waals surface area contributed by atoms with Gasteiger partial charge in [-0.1, -0.05) is 0 Å². The lowest BCUT2D eigenvalue weighted by molar-refractivity contribution is 0.848. The van der Waals surface area contributed by atoms with Gasteiger partial charge in [-0.15, -0.1) is 0 Å². The summed E-state index contributed by atoms with van der Waals surface area (Å²) in [6, 6.07) is 0. The highest BCUT2D eigenvalue weighted by Gasteiger charge is 2.05. The zero-order valence-electron chi connectivity index (χ0n) is 7.11. The van der Waals surface area contributed by atoms with Crippen molar-refractivity contribution in [2.75, 3.05) is 0 Å². The molecule has 0 atom stereocenters. The van der Waals surface area contributed by atoms with Gasteiger partial charge in [0.15, 0.2) is 0 Å². The topological polar surface area (TPSA) is 89.1 Å². The standard InChI is InChI=1S/C7H9N5O/c1-4-10-7-9-3-5(2-8)6(13)12(7)11-4/h3H,2,8H2,1H3,(H,9,10,11). The minimum Gasteiger partial charge on any atom is -0.326 e. The first kappa shape index (κ1) is 7.93. The largest absolute Gasteiger partial charge is 0.326 e. The van der Waals surface area contributed by atoms with Gasteiger partial charge >= 0.3 is 0 Å². The fraction of sp³-hybridized carbons (Fsp3) is 0.286. The van der Waals surface area contributed by atoms with Crippen molar-refractivity contribution in [3.05, 3.63) is 27.9 Å². The second-order valence-corrected chi connectivity index (χ2v) is 2.74. The van der Waals surface area contributed by atoms with Crippen LogP contribution in [0.25, 0.3) is 5.78 Å². The van der Waals surface area contributed by atoms with Gasteiger partial charge in [-0.05, 0) is 6.92 Å². The van der Waals surface area contributed by atoms with Crippen LogP contribution in [0.15, 0.2) is 11.0 Å². The average molecular weight is 179 g/mol. The van der Waals surface area contributed by atoms with Gasteiger partial charge in [0.1, 0.15) is 5.82 Å². The molecule has 6 heteroatoms. The van der Waals surface area contributed by atoms with Crippen LogP contribution in [-0.4, -0.2) is 19.6 Å². The third kappa shape index (κ3) is 1.11. The second kappa shape index (κ2) is 2.67. The van der Waals surface area contributed by atoms with Gasteiger partial charge in [0.2, 0.25) is 0 Å². The molecule has 2 aromatic heterocycles. The smallest absolute Gasteiger partial charge is 0.278 e. The molecule has 68 valence electrons. The predicted molar refractivity (Wildman–Crippen MR) is 46.2 cm³/mol. The summed E-state index contributed by atoms with van der Waals surface area (Å²) >= 11 is 0. The Morgan fingerprint density at radius 3 is 3.15 bits per heavy atom. The third-order valence-corrected chi connectivity index (χ3v) is 1.77. The highest BCUT2D eigenvalue weighted by Crippen LogP contribution is 1.94. The molecule has 0 fully saturated rings. The van der Waals surface area contributed by atoms with Crippen molar-refractivity contribution in [2.24, 2.45) is 5.73 Å². The molecule has 0 aliphatic rings. The van der Waals surface area contributed by atoms with Gasteiger partial charge in [-0.2, -0.15) is 9.50 Å². The van der Waals surface area contributed by atoms with Crippen molar-refractivity contribution in [1.29, 1.82) is 0 Å². The molecule has 0 unspecified atom stereocenters. The number of hydrogen-bond acceptors (Lipinski definition) is 4. The van der Waals surface area contributed by atoms with E-state index in [1.807, 2.05) is 0 Å². The molecule has 0 amide bonds. The lowest BCUT2D eigenvalue weighted by Crippen LogP contribution is -2.21. The molecule has 0 aliphatic heterocycles. The molecule has 2 aromatic rings. The number of aromatic amines is 1. The SMILES string of the molecule is Cc1nc2ncc(CN)c(=O)n2[nH]1. The number of rotatable bonds is 1. The molecule has 3 N–H and O–H groups in total. The fourth-order valence-corrected chi connectivity index (χ4v) is 1.14. The quantitative estimate of drug-likeness (QED) is 0.598. The molecular formula is C7H9N5O. The molecule has 13 heavy (non-hydrogen) atoms. The predicted octanol–water partition coefficient (Wildman–Crippen LogP) is -0.815. The molecule has 0 radical (unpaired) electrons. The summed E-state index contributed by atoms with van der Waals surface area (Å²) in [7, 11) is 0. The Hall–Kier alpha value is -1.69. The highest BCUT2D eigenvalue weighted by atomic mass is 16.1. The number of H-pyrrole nitrogens is 1. The van der Waals surface area contributed by atoms with Crippen LogP contribution in [0.2, 0.25) is 0 Å².